The van der Waals surface area contributed by atoms with Crippen molar-refractivity contribution in [1.82, 2.24) is 10.1 Å². The molecule has 0 aliphatic rings. The van der Waals surface area contributed by atoms with Crippen molar-refractivity contribution in [3.8, 4) is 22.8 Å². The Hall–Kier alpha value is -3.25. The summed E-state index contributed by atoms with van der Waals surface area (Å²) >= 11 is 1.52. The molecular weight excluding hydrogens is 334 g/mol. The highest BCUT2D eigenvalue weighted by molar-refractivity contribution is 7.11. The highest BCUT2D eigenvalue weighted by atomic mass is 32.1. The smallest absolute Gasteiger partial charge is 0.258 e. The summed E-state index contributed by atoms with van der Waals surface area (Å²) < 4.78 is 6.18. The Kier molecular flexibility index (Phi) is 4.10. The van der Waals surface area contributed by atoms with Crippen molar-refractivity contribution in [3.05, 3.63) is 82.2 Å². The van der Waals surface area contributed by atoms with Gasteiger partial charge in [-0.25, -0.2) is 0 Å². The van der Waals surface area contributed by atoms with Gasteiger partial charge < -0.3 is 9.73 Å². The Morgan fingerprint density at radius 1 is 0.920 bits per heavy atom. The summed E-state index contributed by atoms with van der Waals surface area (Å²) in [5.41, 5.74) is 2.20. The average molecular weight is 347 g/mol. The molecule has 0 N–H and O–H groups in total. The normalized spacial score (nSPS) is 11.6. The zero-order chi connectivity index (χ0) is 17.1. The van der Waals surface area contributed by atoms with Gasteiger partial charge in [-0.2, -0.15) is 9.72 Å². The maximum Gasteiger partial charge on any atom is 0.258 e. The summed E-state index contributed by atoms with van der Waals surface area (Å²) in [7, 11) is 0. The molecule has 2 aromatic heterocycles. The topological polar surface area (TPSA) is 65.0 Å². The Labute approximate surface area is 148 Å². The molecule has 0 aliphatic carbocycles. The van der Waals surface area contributed by atoms with Crippen molar-refractivity contribution in [2.45, 2.75) is 0 Å². The maximum absolute atomic E-state index is 12.2. The SMILES string of the molecule is [O-]/[N+](=C\c1cccs1)c1ccc(-c2nc(-c3ccccc3)no2)cc1. The van der Waals surface area contributed by atoms with Gasteiger partial charge in [-0.05, 0) is 23.6 Å². The number of rotatable bonds is 4. The third kappa shape index (κ3) is 3.34. The molecule has 2 aromatic carbocycles. The van der Waals surface area contributed by atoms with E-state index >= 15 is 0 Å². The number of aromatic nitrogens is 2. The molecule has 2 heterocycles. The van der Waals surface area contributed by atoms with Crippen LogP contribution in [0.5, 0.6) is 0 Å². The van der Waals surface area contributed by atoms with Crippen LogP contribution in [0, 0.1) is 5.21 Å². The first-order valence-corrected chi connectivity index (χ1v) is 8.52. The molecule has 0 spiro atoms. The van der Waals surface area contributed by atoms with E-state index in [9.17, 15) is 5.21 Å². The van der Waals surface area contributed by atoms with E-state index in [0.717, 1.165) is 20.7 Å². The third-order valence-corrected chi connectivity index (χ3v) is 4.42. The molecule has 0 atom stereocenters. The van der Waals surface area contributed by atoms with Crippen LogP contribution in [0.25, 0.3) is 22.8 Å². The molecule has 0 fully saturated rings. The van der Waals surface area contributed by atoms with Crippen LogP contribution in [0.1, 0.15) is 4.88 Å². The molecule has 6 heteroatoms. The maximum atomic E-state index is 12.2. The predicted octanol–water partition coefficient (Wildman–Crippen LogP) is 4.73. The van der Waals surface area contributed by atoms with Crippen LogP contribution in [-0.2, 0) is 0 Å². The lowest BCUT2D eigenvalue weighted by Crippen LogP contribution is -1.97. The second-order valence-corrected chi connectivity index (χ2v) is 6.29. The van der Waals surface area contributed by atoms with E-state index in [4.69, 9.17) is 4.52 Å². The van der Waals surface area contributed by atoms with Crippen LogP contribution in [0.15, 0.2) is 76.6 Å². The molecular formula is C19H13N3O2S. The highest BCUT2D eigenvalue weighted by Crippen LogP contribution is 2.24. The lowest BCUT2D eigenvalue weighted by atomic mass is 10.2. The van der Waals surface area contributed by atoms with Crippen LogP contribution >= 0.6 is 11.3 Å². The zero-order valence-electron chi connectivity index (χ0n) is 13.1. The van der Waals surface area contributed by atoms with E-state index in [1.165, 1.54) is 11.3 Å². The van der Waals surface area contributed by atoms with Gasteiger partial charge in [-0.3, -0.25) is 0 Å². The number of hydrogen-bond donors (Lipinski definition) is 0. The molecule has 0 unspecified atom stereocenters. The van der Waals surface area contributed by atoms with Crippen LogP contribution in [-0.4, -0.2) is 21.1 Å². The number of thiophene rings is 1. The Bertz CT molecular complexity index is 991. The van der Waals surface area contributed by atoms with Crippen LogP contribution in [0.2, 0.25) is 0 Å². The predicted molar refractivity (Wildman–Crippen MR) is 97.9 cm³/mol. The molecule has 4 rings (SSSR count). The van der Waals surface area contributed by atoms with Gasteiger partial charge in [0, 0.05) is 23.3 Å². The second-order valence-electron chi connectivity index (χ2n) is 5.31. The molecule has 122 valence electrons. The number of hydrogen-bond acceptors (Lipinski definition) is 5. The van der Waals surface area contributed by atoms with E-state index in [0.29, 0.717) is 17.4 Å². The van der Waals surface area contributed by atoms with E-state index in [-0.39, 0.29) is 0 Å². The Morgan fingerprint density at radius 2 is 1.72 bits per heavy atom. The van der Waals surface area contributed by atoms with E-state index in [1.807, 2.05) is 47.8 Å². The van der Waals surface area contributed by atoms with Crippen LogP contribution in [0.4, 0.5) is 5.69 Å². The van der Waals surface area contributed by atoms with Gasteiger partial charge in [-0.1, -0.05) is 41.6 Å². The quantitative estimate of drug-likeness (QED) is 0.232. The van der Waals surface area contributed by atoms with Gasteiger partial charge in [0.2, 0.25) is 11.5 Å². The van der Waals surface area contributed by atoms with Crippen LogP contribution < -0.4 is 0 Å². The molecule has 25 heavy (non-hydrogen) atoms. The minimum absolute atomic E-state index is 0.421. The summed E-state index contributed by atoms with van der Waals surface area (Å²) in [6.45, 7) is 0. The van der Waals surface area contributed by atoms with Crippen molar-refractivity contribution in [1.29, 1.82) is 0 Å². The molecule has 0 aliphatic heterocycles. The average Bonchev–Trinajstić information content (AvgIpc) is 3.34. The highest BCUT2D eigenvalue weighted by Gasteiger charge is 2.11. The summed E-state index contributed by atoms with van der Waals surface area (Å²) in [4.78, 5) is 5.32. The minimum atomic E-state index is 0.421. The second kappa shape index (κ2) is 6.70. The monoisotopic (exact) mass is 347 g/mol. The zero-order valence-corrected chi connectivity index (χ0v) is 13.9. The van der Waals surface area contributed by atoms with Crippen molar-refractivity contribution in [3.63, 3.8) is 0 Å². The first-order valence-electron chi connectivity index (χ1n) is 7.64. The first kappa shape index (κ1) is 15.3. The number of nitrogens with zero attached hydrogens (tertiary/aromatic N) is 3. The minimum Gasteiger partial charge on any atom is -0.618 e. The van der Waals surface area contributed by atoms with Crippen molar-refractivity contribution >= 4 is 23.2 Å². The van der Waals surface area contributed by atoms with E-state index in [1.54, 1.807) is 30.5 Å². The third-order valence-electron chi connectivity index (χ3n) is 3.61. The fourth-order valence-electron chi connectivity index (χ4n) is 2.35. The molecule has 0 saturated heterocycles. The molecule has 0 amide bonds. The van der Waals surface area contributed by atoms with Crippen molar-refractivity contribution in [2.75, 3.05) is 0 Å². The van der Waals surface area contributed by atoms with E-state index < -0.39 is 0 Å². The summed E-state index contributed by atoms with van der Waals surface area (Å²) in [5.74, 6) is 0.959. The largest absolute Gasteiger partial charge is 0.618 e. The summed E-state index contributed by atoms with van der Waals surface area (Å²) in [6, 6.07) is 20.5. The molecule has 0 radical (unpaired) electrons. The summed E-state index contributed by atoms with van der Waals surface area (Å²) in [6.07, 6.45) is 1.56. The van der Waals surface area contributed by atoms with Gasteiger partial charge in [0.25, 0.3) is 5.89 Å². The van der Waals surface area contributed by atoms with Gasteiger partial charge in [-0.15, -0.1) is 11.3 Å². The lowest BCUT2D eigenvalue weighted by Gasteiger charge is -2.02. The van der Waals surface area contributed by atoms with Crippen molar-refractivity contribution in [2.24, 2.45) is 0 Å². The van der Waals surface area contributed by atoms with Gasteiger partial charge in [0.15, 0.2) is 6.21 Å². The standard InChI is InChI=1S/C19H13N3O2S/c23-22(13-17-7-4-12-25-17)16-10-8-15(9-11-16)19-20-18(21-24-19)14-5-2-1-3-6-14/h1-13H/b22-13-. The fourth-order valence-corrected chi connectivity index (χ4v) is 2.98. The Morgan fingerprint density at radius 3 is 2.44 bits per heavy atom. The van der Waals surface area contributed by atoms with Gasteiger partial charge in [0.1, 0.15) is 0 Å². The lowest BCUT2D eigenvalue weighted by molar-refractivity contribution is -0.354. The fraction of sp³-hybridized carbons (Fsp3) is 0. The summed E-state index contributed by atoms with van der Waals surface area (Å²) in [5, 5.41) is 18.1. The number of benzene rings is 2. The van der Waals surface area contributed by atoms with E-state index in [2.05, 4.69) is 10.1 Å². The van der Waals surface area contributed by atoms with Gasteiger partial charge >= 0.3 is 0 Å². The van der Waals surface area contributed by atoms with Crippen LogP contribution in [0.3, 0.4) is 0 Å². The Balaban J connectivity index is 1.58. The molecule has 0 bridgehead atoms. The molecule has 4 aromatic rings. The van der Waals surface area contributed by atoms with Gasteiger partial charge in [0.05, 0.1) is 4.88 Å². The molecule has 5 nitrogen and oxygen atoms in total. The first-order chi connectivity index (χ1) is 12.3. The molecule has 0 saturated carbocycles. The van der Waals surface area contributed by atoms with Crippen molar-refractivity contribution < 1.29 is 9.26 Å².